The normalized spacial score (nSPS) is 11.0. The second-order valence-electron chi connectivity index (χ2n) is 5.58. The number of carbonyl (C=O) groups excluding carboxylic acids is 1. The molecule has 0 radical (unpaired) electrons. The molecule has 1 N–H and O–H groups in total. The average Bonchev–Trinajstić information content (AvgIpc) is 2.66. The van der Waals surface area contributed by atoms with E-state index >= 15 is 0 Å². The van der Waals surface area contributed by atoms with E-state index in [0.717, 1.165) is 4.31 Å². The molecule has 0 aromatic heterocycles. The van der Waals surface area contributed by atoms with E-state index in [4.69, 9.17) is 10.00 Å². The van der Waals surface area contributed by atoms with Gasteiger partial charge in [-0.05, 0) is 49.4 Å². The van der Waals surface area contributed by atoms with Crippen LogP contribution >= 0.6 is 0 Å². The fraction of sp³-hybridized carbons (Fsp3) is 0.263. The molecular weight excluding hydrogens is 366 g/mol. The molecule has 0 bridgehead atoms. The Kier molecular flexibility index (Phi) is 6.93. The van der Waals surface area contributed by atoms with Crippen LogP contribution in [0.4, 0.5) is 5.69 Å². The monoisotopic (exact) mass is 387 g/mol. The molecule has 0 aliphatic carbocycles. The van der Waals surface area contributed by atoms with Gasteiger partial charge in [-0.25, -0.2) is 8.42 Å². The van der Waals surface area contributed by atoms with Gasteiger partial charge in [-0.2, -0.15) is 9.57 Å². The van der Waals surface area contributed by atoms with Crippen LogP contribution in [0.2, 0.25) is 0 Å². The van der Waals surface area contributed by atoms with Crippen LogP contribution in [0.1, 0.15) is 19.4 Å². The summed E-state index contributed by atoms with van der Waals surface area (Å²) >= 11 is 0. The summed E-state index contributed by atoms with van der Waals surface area (Å²) in [5.41, 5.74) is 0.843. The Morgan fingerprint density at radius 2 is 1.89 bits per heavy atom. The largest absolute Gasteiger partial charge is 0.494 e. The summed E-state index contributed by atoms with van der Waals surface area (Å²) in [5.74, 6) is 0.0936. The van der Waals surface area contributed by atoms with E-state index in [1.54, 1.807) is 37.3 Å². The fourth-order valence-electron chi connectivity index (χ4n) is 2.42. The van der Waals surface area contributed by atoms with Crippen molar-refractivity contribution in [3.63, 3.8) is 0 Å². The highest BCUT2D eigenvalue weighted by Gasteiger charge is 2.25. The third-order valence-electron chi connectivity index (χ3n) is 3.72. The number of likely N-dealkylation sites (N-methyl/N-ethyl adjacent to an activating group) is 1. The van der Waals surface area contributed by atoms with Crippen LogP contribution in [0.3, 0.4) is 0 Å². The maximum Gasteiger partial charge on any atom is 0.243 e. The van der Waals surface area contributed by atoms with E-state index in [1.165, 1.54) is 18.2 Å². The van der Waals surface area contributed by atoms with E-state index in [-0.39, 0.29) is 18.0 Å². The second-order valence-corrected chi connectivity index (χ2v) is 7.51. The van der Waals surface area contributed by atoms with E-state index in [2.05, 4.69) is 5.32 Å². The molecule has 142 valence electrons. The number of ether oxygens (including phenoxy) is 1. The van der Waals surface area contributed by atoms with Gasteiger partial charge in [-0.3, -0.25) is 4.79 Å². The predicted molar refractivity (Wildman–Crippen MR) is 102 cm³/mol. The summed E-state index contributed by atoms with van der Waals surface area (Å²) in [6.07, 6.45) is 0. The number of rotatable bonds is 8. The molecule has 0 unspecified atom stereocenters. The first-order valence-corrected chi connectivity index (χ1v) is 9.87. The first-order valence-electron chi connectivity index (χ1n) is 8.43. The standard InChI is InChI=1S/C19H21N3O4S/c1-3-22(14-19(23)21-16-7-5-6-15(12-16)13-20)27(24,25)18-10-8-17(9-11-18)26-4-2/h5-12H,3-4,14H2,1-2H3,(H,21,23). The van der Waals surface area contributed by atoms with Gasteiger partial charge in [0.25, 0.3) is 0 Å². The number of nitrogens with zero attached hydrogens (tertiary/aromatic N) is 2. The minimum Gasteiger partial charge on any atom is -0.494 e. The molecule has 27 heavy (non-hydrogen) atoms. The smallest absolute Gasteiger partial charge is 0.243 e. The number of hydrogen-bond acceptors (Lipinski definition) is 5. The molecule has 0 spiro atoms. The highest BCUT2D eigenvalue weighted by Crippen LogP contribution is 2.20. The number of hydrogen-bond donors (Lipinski definition) is 1. The summed E-state index contributed by atoms with van der Waals surface area (Å²) in [6, 6.07) is 14.5. The minimum atomic E-state index is -3.82. The molecular formula is C19H21N3O4S. The zero-order chi connectivity index (χ0) is 19.9. The highest BCUT2D eigenvalue weighted by molar-refractivity contribution is 7.89. The Morgan fingerprint density at radius 3 is 2.48 bits per heavy atom. The zero-order valence-corrected chi connectivity index (χ0v) is 16.0. The lowest BCUT2D eigenvalue weighted by Crippen LogP contribution is -2.37. The van der Waals surface area contributed by atoms with Crippen molar-refractivity contribution in [2.75, 3.05) is 25.0 Å². The lowest BCUT2D eigenvalue weighted by atomic mass is 10.2. The zero-order valence-electron chi connectivity index (χ0n) is 15.2. The topological polar surface area (TPSA) is 99.5 Å². The van der Waals surface area contributed by atoms with Crippen LogP contribution in [0.15, 0.2) is 53.4 Å². The lowest BCUT2D eigenvalue weighted by molar-refractivity contribution is -0.116. The van der Waals surface area contributed by atoms with Crippen molar-refractivity contribution in [1.82, 2.24) is 4.31 Å². The van der Waals surface area contributed by atoms with Gasteiger partial charge in [-0.1, -0.05) is 13.0 Å². The first-order chi connectivity index (χ1) is 12.9. The van der Waals surface area contributed by atoms with Crippen LogP contribution < -0.4 is 10.1 Å². The maximum atomic E-state index is 12.8. The Balaban J connectivity index is 2.12. The van der Waals surface area contributed by atoms with Crippen LogP contribution in [-0.4, -0.2) is 38.3 Å². The minimum absolute atomic E-state index is 0.0899. The summed E-state index contributed by atoms with van der Waals surface area (Å²) < 4.78 is 32.0. The van der Waals surface area contributed by atoms with Crippen molar-refractivity contribution < 1.29 is 17.9 Å². The van der Waals surface area contributed by atoms with Gasteiger partial charge < -0.3 is 10.1 Å². The number of amides is 1. The van der Waals surface area contributed by atoms with Gasteiger partial charge in [0.15, 0.2) is 0 Å². The Hall–Kier alpha value is -2.89. The van der Waals surface area contributed by atoms with Crippen molar-refractivity contribution in [2.24, 2.45) is 0 Å². The molecule has 0 saturated carbocycles. The average molecular weight is 387 g/mol. The Labute approximate surface area is 159 Å². The highest BCUT2D eigenvalue weighted by atomic mass is 32.2. The molecule has 2 aromatic rings. The summed E-state index contributed by atoms with van der Waals surface area (Å²) in [6.45, 7) is 3.80. The van der Waals surface area contributed by atoms with Crippen molar-refractivity contribution in [2.45, 2.75) is 18.7 Å². The maximum absolute atomic E-state index is 12.8. The summed E-state index contributed by atoms with van der Waals surface area (Å²) in [7, 11) is -3.82. The van der Waals surface area contributed by atoms with Crippen molar-refractivity contribution in [3.8, 4) is 11.8 Å². The molecule has 7 nitrogen and oxygen atoms in total. The molecule has 0 saturated heterocycles. The van der Waals surface area contributed by atoms with Gasteiger partial charge >= 0.3 is 0 Å². The van der Waals surface area contributed by atoms with E-state index in [0.29, 0.717) is 23.6 Å². The van der Waals surface area contributed by atoms with Gasteiger partial charge in [-0.15, -0.1) is 0 Å². The number of sulfonamides is 1. The molecule has 0 fully saturated rings. The first kappa shape index (κ1) is 20.4. The molecule has 8 heteroatoms. The fourth-order valence-corrected chi connectivity index (χ4v) is 3.82. The molecule has 0 heterocycles. The van der Waals surface area contributed by atoms with Crippen LogP contribution in [-0.2, 0) is 14.8 Å². The van der Waals surface area contributed by atoms with Crippen LogP contribution in [0.25, 0.3) is 0 Å². The van der Waals surface area contributed by atoms with Crippen LogP contribution in [0.5, 0.6) is 5.75 Å². The van der Waals surface area contributed by atoms with Gasteiger partial charge in [0.2, 0.25) is 15.9 Å². The van der Waals surface area contributed by atoms with Crippen molar-refractivity contribution >= 4 is 21.6 Å². The van der Waals surface area contributed by atoms with E-state index in [9.17, 15) is 13.2 Å². The molecule has 2 rings (SSSR count). The van der Waals surface area contributed by atoms with Gasteiger partial charge in [0.05, 0.1) is 29.7 Å². The number of benzene rings is 2. The number of nitriles is 1. The van der Waals surface area contributed by atoms with E-state index in [1.807, 2.05) is 13.0 Å². The molecule has 0 aliphatic rings. The number of carbonyl (C=O) groups is 1. The molecule has 2 aromatic carbocycles. The second kappa shape index (κ2) is 9.16. The summed E-state index contributed by atoms with van der Waals surface area (Å²) in [4.78, 5) is 12.4. The molecule has 0 atom stereocenters. The molecule has 0 aliphatic heterocycles. The van der Waals surface area contributed by atoms with Crippen molar-refractivity contribution in [3.05, 3.63) is 54.1 Å². The van der Waals surface area contributed by atoms with Gasteiger partial charge in [0, 0.05) is 12.2 Å². The Morgan fingerprint density at radius 1 is 1.19 bits per heavy atom. The van der Waals surface area contributed by atoms with Gasteiger partial charge in [0.1, 0.15) is 5.75 Å². The third-order valence-corrected chi connectivity index (χ3v) is 5.66. The molecule has 1 amide bonds. The number of nitrogens with one attached hydrogen (secondary N) is 1. The number of anilines is 1. The third kappa shape index (κ3) is 5.29. The van der Waals surface area contributed by atoms with Crippen LogP contribution in [0, 0.1) is 11.3 Å². The Bertz CT molecular complexity index is 934. The quantitative estimate of drug-likeness (QED) is 0.750. The van der Waals surface area contributed by atoms with Crippen molar-refractivity contribution in [1.29, 1.82) is 5.26 Å². The summed E-state index contributed by atoms with van der Waals surface area (Å²) in [5, 5.41) is 11.5. The van der Waals surface area contributed by atoms with E-state index < -0.39 is 15.9 Å². The predicted octanol–water partition coefficient (Wildman–Crippen LogP) is 2.61. The lowest BCUT2D eigenvalue weighted by Gasteiger charge is -2.20. The SMILES string of the molecule is CCOc1ccc(S(=O)(=O)N(CC)CC(=O)Nc2cccc(C#N)c2)cc1.